The summed E-state index contributed by atoms with van der Waals surface area (Å²) in [4.78, 5) is 0. The van der Waals surface area contributed by atoms with Crippen LogP contribution in [0.15, 0.2) is 24.3 Å². The monoisotopic (exact) mass is 179 g/mol. The highest BCUT2D eigenvalue weighted by atomic mass is 16.5. The fourth-order valence-corrected chi connectivity index (χ4v) is 1.26. The zero-order valence-corrected chi connectivity index (χ0v) is 8.29. The summed E-state index contributed by atoms with van der Waals surface area (Å²) in [6.45, 7) is 2.75. The third-order valence-corrected chi connectivity index (χ3v) is 2.24. The Hall–Kier alpha value is -0.860. The molecule has 0 amide bonds. The Balaban J connectivity index is 2.69. The van der Waals surface area contributed by atoms with Gasteiger partial charge in [0.25, 0.3) is 0 Å². The molecule has 1 aromatic carbocycles. The Labute approximate surface area is 79.7 Å². The first-order chi connectivity index (χ1) is 6.27. The molecule has 1 aromatic rings. The van der Waals surface area contributed by atoms with Crippen LogP contribution in [0.5, 0.6) is 0 Å². The van der Waals surface area contributed by atoms with Gasteiger partial charge in [-0.2, -0.15) is 0 Å². The average molecular weight is 179 g/mol. The topological polar surface area (TPSA) is 35.2 Å². The molecule has 0 unspecified atom stereocenters. The van der Waals surface area contributed by atoms with E-state index in [2.05, 4.69) is 24.3 Å². The molecule has 0 heterocycles. The Kier molecular flexibility index (Phi) is 3.93. The van der Waals surface area contributed by atoms with Crippen LogP contribution in [0.4, 0.5) is 0 Å². The molecular weight excluding hydrogens is 162 g/mol. The van der Waals surface area contributed by atoms with E-state index in [0.717, 1.165) is 6.42 Å². The quantitative estimate of drug-likeness (QED) is 0.766. The van der Waals surface area contributed by atoms with Gasteiger partial charge in [-0.25, -0.2) is 0 Å². The standard InChI is InChI=1S/C11H17NO/c1-9(13-2)11-5-3-10(4-6-11)7-8-12/h3-6,9H,7-8,12H2,1-2H3/t9-/m0/s1. The van der Waals surface area contributed by atoms with Crippen LogP contribution in [-0.2, 0) is 11.2 Å². The Morgan fingerprint density at radius 3 is 2.38 bits per heavy atom. The van der Waals surface area contributed by atoms with Gasteiger partial charge in [0.15, 0.2) is 0 Å². The van der Waals surface area contributed by atoms with Crippen molar-refractivity contribution in [1.29, 1.82) is 0 Å². The minimum absolute atomic E-state index is 0.173. The summed E-state index contributed by atoms with van der Waals surface area (Å²) < 4.78 is 5.21. The van der Waals surface area contributed by atoms with Gasteiger partial charge in [0.05, 0.1) is 6.10 Å². The summed E-state index contributed by atoms with van der Waals surface area (Å²) in [5.74, 6) is 0. The predicted octanol–water partition coefficient (Wildman–Crippen LogP) is 1.90. The van der Waals surface area contributed by atoms with E-state index < -0.39 is 0 Å². The number of methoxy groups -OCH3 is 1. The van der Waals surface area contributed by atoms with Crippen molar-refractivity contribution >= 4 is 0 Å². The maximum atomic E-state index is 5.46. The fourth-order valence-electron chi connectivity index (χ4n) is 1.26. The molecule has 0 bridgehead atoms. The molecule has 13 heavy (non-hydrogen) atoms. The van der Waals surface area contributed by atoms with Crippen LogP contribution in [0, 0.1) is 0 Å². The number of hydrogen-bond acceptors (Lipinski definition) is 2. The van der Waals surface area contributed by atoms with E-state index in [1.807, 2.05) is 6.92 Å². The maximum absolute atomic E-state index is 5.46. The van der Waals surface area contributed by atoms with E-state index in [4.69, 9.17) is 10.5 Å². The summed E-state index contributed by atoms with van der Waals surface area (Å²) in [5.41, 5.74) is 7.96. The van der Waals surface area contributed by atoms with Crippen molar-refractivity contribution in [3.8, 4) is 0 Å². The van der Waals surface area contributed by atoms with Crippen molar-refractivity contribution in [2.24, 2.45) is 5.73 Å². The predicted molar refractivity (Wildman–Crippen MR) is 54.6 cm³/mol. The normalized spacial score (nSPS) is 12.8. The molecule has 1 atom stereocenters. The summed E-state index contributed by atoms with van der Waals surface area (Å²) in [6.07, 6.45) is 1.12. The molecule has 1 rings (SSSR count). The summed E-state index contributed by atoms with van der Waals surface area (Å²) in [6, 6.07) is 8.41. The van der Waals surface area contributed by atoms with Gasteiger partial charge in [0.2, 0.25) is 0 Å². The Morgan fingerprint density at radius 2 is 1.92 bits per heavy atom. The first kappa shape index (κ1) is 10.2. The van der Waals surface area contributed by atoms with Gasteiger partial charge < -0.3 is 10.5 Å². The molecule has 0 aliphatic heterocycles. The number of benzene rings is 1. The molecular formula is C11H17NO. The van der Waals surface area contributed by atoms with Crippen molar-refractivity contribution in [3.05, 3.63) is 35.4 Å². The van der Waals surface area contributed by atoms with E-state index in [0.29, 0.717) is 6.54 Å². The summed E-state index contributed by atoms with van der Waals surface area (Å²) in [5, 5.41) is 0. The average Bonchev–Trinajstić information content (AvgIpc) is 2.18. The van der Waals surface area contributed by atoms with Crippen LogP contribution >= 0.6 is 0 Å². The second-order valence-corrected chi connectivity index (χ2v) is 3.16. The SMILES string of the molecule is CO[C@@H](C)c1ccc(CCN)cc1. The maximum Gasteiger partial charge on any atom is 0.0793 e. The second-order valence-electron chi connectivity index (χ2n) is 3.16. The van der Waals surface area contributed by atoms with E-state index >= 15 is 0 Å². The fraction of sp³-hybridized carbons (Fsp3) is 0.455. The third kappa shape index (κ3) is 2.83. The van der Waals surface area contributed by atoms with Crippen LogP contribution in [0.1, 0.15) is 24.2 Å². The third-order valence-electron chi connectivity index (χ3n) is 2.24. The number of ether oxygens (including phenoxy) is 1. The smallest absolute Gasteiger partial charge is 0.0793 e. The minimum atomic E-state index is 0.173. The van der Waals surface area contributed by atoms with Crippen LogP contribution in [-0.4, -0.2) is 13.7 Å². The summed E-state index contributed by atoms with van der Waals surface area (Å²) >= 11 is 0. The van der Waals surface area contributed by atoms with Crippen LogP contribution in [0.3, 0.4) is 0 Å². The molecule has 2 heteroatoms. The van der Waals surface area contributed by atoms with Crippen LogP contribution < -0.4 is 5.73 Å². The van der Waals surface area contributed by atoms with Gasteiger partial charge >= 0.3 is 0 Å². The first-order valence-electron chi connectivity index (χ1n) is 4.59. The van der Waals surface area contributed by atoms with Gasteiger partial charge in [-0.15, -0.1) is 0 Å². The zero-order chi connectivity index (χ0) is 9.68. The van der Waals surface area contributed by atoms with Gasteiger partial charge in [-0.05, 0) is 31.0 Å². The largest absolute Gasteiger partial charge is 0.377 e. The Bertz CT molecular complexity index is 243. The van der Waals surface area contributed by atoms with Gasteiger partial charge in [-0.3, -0.25) is 0 Å². The van der Waals surface area contributed by atoms with Crippen molar-refractivity contribution in [2.45, 2.75) is 19.4 Å². The van der Waals surface area contributed by atoms with Gasteiger partial charge in [0.1, 0.15) is 0 Å². The Morgan fingerprint density at radius 1 is 1.31 bits per heavy atom. The van der Waals surface area contributed by atoms with E-state index in [1.165, 1.54) is 11.1 Å². The molecule has 0 saturated carbocycles. The van der Waals surface area contributed by atoms with Crippen molar-refractivity contribution in [2.75, 3.05) is 13.7 Å². The lowest BCUT2D eigenvalue weighted by Gasteiger charge is -2.09. The van der Waals surface area contributed by atoms with Gasteiger partial charge in [0, 0.05) is 7.11 Å². The van der Waals surface area contributed by atoms with E-state index in [-0.39, 0.29) is 6.10 Å². The highest BCUT2D eigenvalue weighted by Gasteiger charge is 2.02. The molecule has 0 radical (unpaired) electrons. The highest BCUT2D eigenvalue weighted by Crippen LogP contribution is 2.15. The molecule has 0 aromatic heterocycles. The van der Waals surface area contributed by atoms with Gasteiger partial charge in [-0.1, -0.05) is 24.3 Å². The number of nitrogens with two attached hydrogens (primary N) is 1. The molecule has 0 spiro atoms. The molecule has 2 N–H and O–H groups in total. The highest BCUT2D eigenvalue weighted by molar-refractivity contribution is 5.24. The van der Waals surface area contributed by atoms with Crippen LogP contribution in [0.2, 0.25) is 0 Å². The lowest BCUT2D eigenvalue weighted by molar-refractivity contribution is 0.119. The molecule has 0 saturated heterocycles. The number of hydrogen-bond donors (Lipinski definition) is 1. The van der Waals surface area contributed by atoms with Crippen molar-refractivity contribution in [1.82, 2.24) is 0 Å². The molecule has 0 fully saturated rings. The molecule has 0 aliphatic rings. The molecule has 72 valence electrons. The number of rotatable bonds is 4. The minimum Gasteiger partial charge on any atom is -0.377 e. The van der Waals surface area contributed by atoms with Crippen LogP contribution in [0.25, 0.3) is 0 Å². The summed E-state index contributed by atoms with van der Waals surface area (Å²) in [7, 11) is 1.72. The van der Waals surface area contributed by atoms with E-state index in [9.17, 15) is 0 Å². The van der Waals surface area contributed by atoms with E-state index in [1.54, 1.807) is 7.11 Å². The van der Waals surface area contributed by atoms with Crippen molar-refractivity contribution in [3.63, 3.8) is 0 Å². The lowest BCUT2D eigenvalue weighted by atomic mass is 10.1. The second kappa shape index (κ2) is 5.00. The first-order valence-corrected chi connectivity index (χ1v) is 4.59. The molecule has 2 nitrogen and oxygen atoms in total. The molecule has 0 aliphatic carbocycles. The van der Waals surface area contributed by atoms with Crippen molar-refractivity contribution < 1.29 is 4.74 Å². The zero-order valence-electron chi connectivity index (χ0n) is 8.29. The lowest BCUT2D eigenvalue weighted by Crippen LogP contribution is -2.03.